The summed E-state index contributed by atoms with van der Waals surface area (Å²) in [5.74, 6) is 4.75. The molecule has 4 fully saturated rings. The molecule has 2 saturated carbocycles. The molecule has 158 valence electrons. The minimum Gasteiger partial charge on any atom is -0.372 e. The van der Waals surface area contributed by atoms with Crippen molar-refractivity contribution in [2.24, 2.45) is 17.8 Å². The van der Waals surface area contributed by atoms with Crippen molar-refractivity contribution in [3.8, 4) is 0 Å². The summed E-state index contributed by atoms with van der Waals surface area (Å²) in [6, 6.07) is 8.94. The summed E-state index contributed by atoms with van der Waals surface area (Å²) in [4.78, 5) is 17.7. The lowest BCUT2D eigenvalue weighted by Crippen LogP contribution is -2.43. The second kappa shape index (κ2) is 8.37. The van der Waals surface area contributed by atoms with Crippen molar-refractivity contribution in [3.63, 3.8) is 0 Å². The number of rotatable bonds is 4. The van der Waals surface area contributed by atoms with Crippen LogP contribution in [-0.4, -0.2) is 46.5 Å². The van der Waals surface area contributed by atoms with Crippen LogP contribution in [0.15, 0.2) is 24.3 Å². The summed E-state index contributed by atoms with van der Waals surface area (Å²) in [7, 11) is 2.01. The summed E-state index contributed by atoms with van der Waals surface area (Å²) in [5, 5.41) is 0. The molecule has 0 radical (unpaired) electrons. The summed E-state index contributed by atoms with van der Waals surface area (Å²) in [5.41, 5.74) is 2.59. The van der Waals surface area contributed by atoms with Crippen LogP contribution in [0.3, 0.4) is 0 Å². The number of nitrogens with zero attached hydrogens (tertiary/aromatic N) is 2. The van der Waals surface area contributed by atoms with Crippen LogP contribution in [0.5, 0.6) is 0 Å². The smallest absolute Gasteiger partial charge is 0.225 e. The van der Waals surface area contributed by atoms with E-state index in [0.717, 1.165) is 31.2 Å². The number of carbonyl (C=O) groups is 1. The van der Waals surface area contributed by atoms with Gasteiger partial charge in [0, 0.05) is 49.8 Å². The molecular weight excluding hydrogens is 396 g/mol. The Hall–Kier alpha value is -0.810. The van der Waals surface area contributed by atoms with Gasteiger partial charge in [-0.3, -0.25) is 4.79 Å². The summed E-state index contributed by atoms with van der Waals surface area (Å²) >= 11 is 4.43. The standard InChI is InChI=1S/C24H34N2OS2/c1-25(17-18-5-9-22(10-6-18)26-11-3-2-4-12-26)23(27)19-15-20-7-8-21(16-19)24(20)28-13-14-29-24/h5-6,9-10,19-21H,2-4,7-8,11-17H2,1H3. The fraction of sp³-hybridized carbons (Fsp3) is 0.708. The third kappa shape index (κ3) is 3.82. The van der Waals surface area contributed by atoms with Gasteiger partial charge < -0.3 is 9.80 Å². The van der Waals surface area contributed by atoms with Crippen molar-refractivity contribution in [2.75, 3.05) is 36.5 Å². The minimum absolute atomic E-state index is 0.248. The first-order chi connectivity index (χ1) is 14.2. The van der Waals surface area contributed by atoms with Gasteiger partial charge in [-0.15, -0.1) is 23.5 Å². The Morgan fingerprint density at radius 1 is 1.03 bits per heavy atom. The number of piperidine rings is 1. The molecule has 2 unspecified atom stereocenters. The van der Waals surface area contributed by atoms with E-state index < -0.39 is 0 Å². The number of thioether (sulfide) groups is 2. The Morgan fingerprint density at radius 3 is 2.28 bits per heavy atom. The van der Waals surface area contributed by atoms with Crippen LogP contribution in [-0.2, 0) is 11.3 Å². The van der Waals surface area contributed by atoms with Crippen molar-refractivity contribution in [3.05, 3.63) is 29.8 Å². The van der Waals surface area contributed by atoms with E-state index in [4.69, 9.17) is 0 Å². The van der Waals surface area contributed by atoms with Gasteiger partial charge in [0.05, 0.1) is 4.08 Å². The summed E-state index contributed by atoms with van der Waals surface area (Å²) in [6.45, 7) is 3.10. The second-order valence-corrected chi connectivity index (χ2v) is 12.5. The number of hydrogen-bond acceptors (Lipinski definition) is 4. The lowest BCUT2D eigenvalue weighted by molar-refractivity contribution is -0.136. The predicted octanol–water partition coefficient (Wildman–Crippen LogP) is 5.25. The SMILES string of the molecule is CN(Cc1ccc(N2CCCCC2)cc1)C(=O)C1CC2CCC(C1)C21SCCS1. The third-order valence-corrected chi connectivity index (χ3v) is 11.7. The zero-order valence-corrected chi connectivity index (χ0v) is 19.3. The molecule has 2 saturated heterocycles. The molecule has 2 aliphatic carbocycles. The van der Waals surface area contributed by atoms with Crippen LogP contribution in [0.1, 0.15) is 50.5 Å². The largest absolute Gasteiger partial charge is 0.372 e. The monoisotopic (exact) mass is 430 g/mol. The highest BCUT2D eigenvalue weighted by Gasteiger charge is 2.57. The van der Waals surface area contributed by atoms with Crippen LogP contribution in [0.25, 0.3) is 0 Å². The van der Waals surface area contributed by atoms with Crippen LogP contribution >= 0.6 is 23.5 Å². The quantitative estimate of drug-likeness (QED) is 0.651. The van der Waals surface area contributed by atoms with Crippen LogP contribution in [0, 0.1) is 17.8 Å². The van der Waals surface area contributed by atoms with Crippen molar-refractivity contribution < 1.29 is 4.79 Å². The molecule has 2 atom stereocenters. The van der Waals surface area contributed by atoms with E-state index >= 15 is 0 Å². The summed E-state index contributed by atoms with van der Waals surface area (Å²) in [6.07, 6.45) is 8.90. The first-order valence-corrected chi connectivity index (χ1v) is 13.5. The van der Waals surface area contributed by atoms with Gasteiger partial charge in [-0.1, -0.05) is 12.1 Å². The van der Waals surface area contributed by atoms with Crippen molar-refractivity contribution in [2.45, 2.75) is 55.6 Å². The summed E-state index contributed by atoms with van der Waals surface area (Å²) < 4.78 is 0.472. The topological polar surface area (TPSA) is 23.6 Å². The molecule has 29 heavy (non-hydrogen) atoms. The molecule has 2 aliphatic heterocycles. The number of anilines is 1. The zero-order chi connectivity index (χ0) is 19.8. The first-order valence-electron chi connectivity index (χ1n) is 11.5. The first kappa shape index (κ1) is 20.1. The van der Waals surface area contributed by atoms with Crippen LogP contribution in [0.4, 0.5) is 5.69 Å². The molecule has 0 aromatic heterocycles. The molecule has 0 N–H and O–H groups in total. The molecule has 1 spiro atoms. The molecule has 2 heterocycles. The highest BCUT2D eigenvalue weighted by Crippen LogP contribution is 2.65. The Morgan fingerprint density at radius 2 is 1.66 bits per heavy atom. The number of benzene rings is 1. The van der Waals surface area contributed by atoms with Gasteiger partial charge in [-0.25, -0.2) is 0 Å². The normalized spacial score (nSPS) is 30.7. The zero-order valence-electron chi connectivity index (χ0n) is 17.6. The van der Waals surface area contributed by atoms with E-state index in [2.05, 4.69) is 52.7 Å². The van der Waals surface area contributed by atoms with Gasteiger partial charge in [0.2, 0.25) is 5.91 Å². The van der Waals surface area contributed by atoms with Gasteiger partial charge in [-0.2, -0.15) is 0 Å². The number of carbonyl (C=O) groups excluding carboxylic acids is 1. The fourth-order valence-electron chi connectivity index (χ4n) is 6.23. The molecule has 1 aromatic rings. The lowest BCUT2D eigenvalue weighted by atomic mass is 9.79. The highest BCUT2D eigenvalue weighted by atomic mass is 32.2. The second-order valence-electron chi connectivity index (χ2n) is 9.47. The van der Waals surface area contributed by atoms with Gasteiger partial charge >= 0.3 is 0 Å². The molecule has 3 nitrogen and oxygen atoms in total. The molecule has 1 aromatic carbocycles. The Labute approximate surface area is 184 Å². The number of amides is 1. The minimum atomic E-state index is 0.248. The van der Waals surface area contributed by atoms with E-state index in [0.29, 0.717) is 9.99 Å². The van der Waals surface area contributed by atoms with Crippen LogP contribution in [0.2, 0.25) is 0 Å². The maximum atomic E-state index is 13.2. The lowest BCUT2D eigenvalue weighted by Gasteiger charge is -2.43. The van der Waals surface area contributed by atoms with E-state index in [1.807, 2.05) is 11.9 Å². The maximum absolute atomic E-state index is 13.2. The fourth-order valence-corrected chi connectivity index (χ4v) is 10.2. The van der Waals surface area contributed by atoms with E-state index in [-0.39, 0.29) is 5.92 Å². The van der Waals surface area contributed by atoms with Crippen molar-refractivity contribution >= 4 is 35.1 Å². The van der Waals surface area contributed by atoms with E-state index in [1.165, 1.54) is 68.0 Å². The van der Waals surface area contributed by atoms with Crippen molar-refractivity contribution in [1.82, 2.24) is 4.90 Å². The average molecular weight is 431 g/mol. The van der Waals surface area contributed by atoms with Gasteiger partial charge in [0.15, 0.2) is 0 Å². The molecule has 5 heteroatoms. The molecule has 1 amide bonds. The molecule has 2 bridgehead atoms. The Kier molecular flexibility index (Phi) is 5.81. The predicted molar refractivity (Wildman–Crippen MR) is 126 cm³/mol. The third-order valence-electron chi connectivity index (χ3n) is 7.68. The van der Waals surface area contributed by atoms with Crippen molar-refractivity contribution in [1.29, 1.82) is 0 Å². The highest BCUT2D eigenvalue weighted by molar-refractivity contribution is 8.21. The Bertz CT molecular complexity index is 709. The maximum Gasteiger partial charge on any atom is 0.225 e. The van der Waals surface area contributed by atoms with E-state index in [1.54, 1.807) is 0 Å². The van der Waals surface area contributed by atoms with Gasteiger partial charge in [0.25, 0.3) is 0 Å². The van der Waals surface area contributed by atoms with E-state index in [9.17, 15) is 4.79 Å². The molecule has 4 aliphatic rings. The average Bonchev–Trinajstić information content (AvgIpc) is 3.29. The van der Waals surface area contributed by atoms with Gasteiger partial charge in [0.1, 0.15) is 0 Å². The number of hydrogen-bond donors (Lipinski definition) is 0. The van der Waals surface area contributed by atoms with Crippen LogP contribution < -0.4 is 4.90 Å². The Balaban J connectivity index is 1.19. The molecule has 5 rings (SSSR count). The van der Waals surface area contributed by atoms with Gasteiger partial charge in [-0.05, 0) is 74.5 Å². The molecular formula is C24H34N2OS2.